The van der Waals surface area contributed by atoms with E-state index >= 15 is 0 Å². The summed E-state index contributed by atoms with van der Waals surface area (Å²) in [6.45, 7) is 0. The van der Waals surface area contributed by atoms with Gasteiger partial charge in [0.25, 0.3) is 17.5 Å². The van der Waals surface area contributed by atoms with Crippen LogP contribution in [0.25, 0.3) is 17.4 Å². The molecule has 2 heterocycles. The molecule has 0 bridgehead atoms. The van der Waals surface area contributed by atoms with E-state index in [0.29, 0.717) is 21.9 Å². The molecule has 0 fully saturated rings. The number of furan rings is 1. The third-order valence-corrected chi connectivity index (χ3v) is 6.47. The fourth-order valence-electron chi connectivity index (χ4n) is 3.73. The summed E-state index contributed by atoms with van der Waals surface area (Å²) in [5.41, 5.74) is 6.93. The lowest BCUT2D eigenvalue weighted by molar-refractivity contribution is -0.384. The highest BCUT2D eigenvalue weighted by Gasteiger charge is 2.25. The monoisotopic (exact) mass is 462 g/mol. The number of nitro groups is 1. The Balaban J connectivity index is 1.58. The van der Waals surface area contributed by atoms with Crippen molar-refractivity contribution in [2.24, 2.45) is 5.73 Å². The molecule has 0 saturated heterocycles. The van der Waals surface area contributed by atoms with Crippen molar-refractivity contribution in [2.75, 3.05) is 5.32 Å². The van der Waals surface area contributed by atoms with Gasteiger partial charge in [0, 0.05) is 28.6 Å². The lowest BCUT2D eigenvalue weighted by atomic mass is 9.95. The van der Waals surface area contributed by atoms with Crippen LogP contribution in [0.15, 0.2) is 46.4 Å². The Kier molecular flexibility index (Phi) is 6.06. The number of primary amides is 1. The molecule has 33 heavy (non-hydrogen) atoms. The number of carbonyl (C=O) groups excluding carboxylic acids is 2. The highest BCUT2D eigenvalue weighted by atomic mass is 32.1. The molecule has 0 spiro atoms. The van der Waals surface area contributed by atoms with E-state index in [1.807, 2.05) is 6.07 Å². The number of nitriles is 1. The van der Waals surface area contributed by atoms with E-state index in [9.17, 15) is 25.0 Å². The minimum Gasteiger partial charge on any atom is -0.457 e. The van der Waals surface area contributed by atoms with Crippen molar-refractivity contribution in [3.05, 3.63) is 73.8 Å². The van der Waals surface area contributed by atoms with E-state index in [4.69, 9.17) is 10.2 Å². The molecule has 166 valence electrons. The molecule has 0 radical (unpaired) electrons. The molecule has 2 aromatic heterocycles. The lowest BCUT2D eigenvalue weighted by Crippen LogP contribution is -2.19. The number of anilines is 1. The number of nitrogens with zero attached hydrogens (tertiary/aromatic N) is 2. The highest BCUT2D eigenvalue weighted by molar-refractivity contribution is 7.17. The molecule has 0 saturated carbocycles. The van der Waals surface area contributed by atoms with Gasteiger partial charge in [0.1, 0.15) is 28.2 Å². The van der Waals surface area contributed by atoms with E-state index in [0.717, 1.165) is 36.1 Å². The van der Waals surface area contributed by atoms with Crippen molar-refractivity contribution in [3.63, 3.8) is 0 Å². The van der Waals surface area contributed by atoms with Crippen LogP contribution in [0.3, 0.4) is 0 Å². The fraction of sp³-hybridized carbons (Fsp3) is 0.174. The molecule has 1 aromatic carbocycles. The Bertz CT molecular complexity index is 1350. The number of thiophene rings is 1. The normalized spacial score (nSPS) is 13.1. The Hall–Kier alpha value is -4.23. The minimum absolute atomic E-state index is 0.0815. The van der Waals surface area contributed by atoms with Gasteiger partial charge in [0.2, 0.25) is 0 Å². The summed E-state index contributed by atoms with van der Waals surface area (Å²) in [5, 5.41) is 23.5. The molecule has 2 amide bonds. The van der Waals surface area contributed by atoms with Crippen LogP contribution in [-0.4, -0.2) is 16.7 Å². The Morgan fingerprint density at radius 2 is 2.03 bits per heavy atom. The molecular weight excluding hydrogens is 444 g/mol. The van der Waals surface area contributed by atoms with Crippen molar-refractivity contribution >= 4 is 39.9 Å². The zero-order chi connectivity index (χ0) is 23.5. The van der Waals surface area contributed by atoms with Gasteiger partial charge in [0.15, 0.2) is 0 Å². The summed E-state index contributed by atoms with van der Waals surface area (Å²) in [4.78, 5) is 36.3. The van der Waals surface area contributed by atoms with E-state index in [-0.39, 0.29) is 17.0 Å². The summed E-state index contributed by atoms with van der Waals surface area (Å²) in [6, 6.07) is 10.9. The summed E-state index contributed by atoms with van der Waals surface area (Å²) in [6.07, 6.45) is 4.78. The predicted molar refractivity (Wildman–Crippen MR) is 122 cm³/mol. The van der Waals surface area contributed by atoms with Crippen LogP contribution >= 0.6 is 11.3 Å². The lowest BCUT2D eigenvalue weighted by Gasteiger charge is -2.11. The van der Waals surface area contributed by atoms with Gasteiger partial charge in [-0.1, -0.05) is 12.1 Å². The smallest absolute Gasteiger partial charge is 0.270 e. The van der Waals surface area contributed by atoms with Crippen LogP contribution in [-0.2, 0) is 17.6 Å². The van der Waals surface area contributed by atoms with Gasteiger partial charge < -0.3 is 15.5 Å². The van der Waals surface area contributed by atoms with Crippen molar-refractivity contribution in [3.8, 4) is 17.4 Å². The van der Waals surface area contributed by atoms with Crippen molar-refractivity contribution < 1.29 is 18.9 Å². The van der Waals surface area contributed by atoms with Gasteiger partial charge in [-0.2, -0.15) is 5.26 Å². The SMILES string of the molecule is N#C/C(=C\c1ccc(-c2cccc([N+](=O)[O-])c2)o1)C(=O)Nc1sc2c(c1C(N)=O)CCCC2. The number of nitro benzene ring substituents is 1. The number of fused-ring (bicyclic) bond motifs is 1. The van der Waals surface area contributed by atoms with Crippen LogP contribution < -0.4 is 11.1 Å². The third kappa shape index (κ3) is 4.53. The largest absolute Gasteiger partial charge is 0.457 e. The van der Waals surface area contributed by atoms with E-state index < -0.39 is 16.7 Å². The van der Waals surface area contributed by atoms with Gasteiger partial charge >= 0.3 is 0 Å². The summed E-state index contributed by atoms with van der Waals surface area (Å²) in [5.74, 6) is -0.722. The minimum atomic E-state index is -0.688. The third-order valence-electron chi connectivity index (χ3n) is 5.26. The van der Waals surface area contributed by atoms with E-state index in [2.05, 4.69) is 5.32 Å². The number of non-ortho nitro benzene ring substituents is 1. The maximum atomic E-state index is 12.8. The van der Waals surface area contributed by atoms with Crippen molar-refractivity contribution in [2.45, 2.75) is 25.7 Å². The molecule has 3 aromatic rings. The number of rotatable bonds is 6. The molecule has 1 aliphatic rings. The number of benzene rings is 1. The average molecular weight is 462 g/mol. The van der Waals surface area contributed by atoms with E-state index in [1.54, 1.807) is 18.2 Å². The first-order valence-corrected chi connectivity index (χ1v) is 10.9. The Morgan fingerprint density at radius 1 is 1.24 bits per heavy atom. The summed E-state index contributed by atoms with van der Waals surface area (Å²) < 4.78 is 5.66. The topological polar surface area (TPSA) is 152 Å². The molecule has 1 aliphatic carbocycles. The fourth-order valence-corrected chi connectivity index (χ4v) is 5.02. The first kappa shape index (κ1) is 22.0. The highest BCUT2D eigenvalue weighted by Crippen LogP contribution is 2.38. The second-order valence-corrected chi connectivity index (χ2v) is 8.52. The second-order valence-electron chi connectivity index (χ2n) is 7.41. The standard InChI is InChI=1S/C23H18N4O5S/c24-12-14(11-16-8-9-18(32-16)13-4-3-5-15(10-13)27(30)31)22(29)26-23-20(21(25)28)17-6-1-2-7-19(17)33-23/h3-5,8-11H,1-2,6-7H2,(H2,25,28)(H,26,29)/b14-11+. The first-order chi connectivity index (χ1) is 15.9. The number of nitrogens with one attached hydrogen (secondary N) is 1. The number of aryl methyl sites for hydroxylation is 1. The van der Waals surface area contributed by atoms with Gasteiger partial charge in [-0.05, 0) is 43.4 Å². The van der Waals surface area contributed by atoms with Crippen molar-refractivity contribution in [1.82, 2.24) is 0 Å². The molecule has 4 rings (SSSR count). The Morgan fingerprint density at radius 3 is 2.76 bits per heavy atom. The van der Waals surface area contributed by atoms with Crippen LogP contribution in [0.1, 0.15) is 39.4 Å². The molecule has 9 nitrogen and oxygen atoms in total. The predicted octanol–water partition coefficient (Wildman–Crippen LogP) is 4.44. The zero-order valence-corrected chi connectivity index (χ0v) is 18.1. The Labute approximate surface area is 192 Å². The zero-order valence-electron chi connectivity index (χ0n) is 17.3. The van der Waals surface area contributed by atoms with Crippen LogP contribution in [0, 0.1) is 21.4 Å². The molecular formula is C23H18N4O5S. The maximum Gasteiger partial charge on any atom is 0.270 e. The maximum absolute atomic E-state index is 12.8. The molecule has 3 N–H and O–H groups in total. The van der Waals surface area contributed by atoms with Crippen molar-refractivity contribution in [1.29, 1.82) is 5.26 Å². The van der Waals surface area contributed by atoms with Gasteiger partial charge in [-0.25, -0.2) is 0 Å². The second kappa shape index (κ2) is 9.10. The number of hydrogen-bond donors (Lipinski definition) is 2. The molecule has 0 unspecified atom stereocenters. The van der Waals surface area contributed by atoms with Crippen LogP contribution in [0.4, 0.5) is 10.7 Å². The molecule has 10 heteroatoms. The van der Waals surface area contributed by atoms with Crippen LogP contribution in [0.2, 0.25) is 0 Å². The summed E-state index contributed by atoms with van der Waals surface area (Å²) >= 11 is 1.31. The average Bonchev–Trinajstić information content (AvgIpc) is 3.41. The molecule has 0 atom stereocenters. The van der Waals surface area contributed by atoms with Crippen LogP contribution in [0.5, 0.6) is 0 Å². The number of amides is 2. The van der Waals surface area contributed by atoms with Gasteiger partial charge in [0.05, 0.1) is 10.5 Å². The van der Waals surface area contributed by atoms with Gasteiger partial charge in [-0.15, -0.1) is 11.3 Å². The number of nitrogens with two attached hydrogens (primary N) is 1. The van der Waals surface area contributed by atoms with E-state index in [1.165, 1.54) is 35.6 Å². The number of carbonyl (C=O) groups is 2. The quantitative estimate of drug-likeness (QED) is 0.239. The summed E-state index contributed by atoms with van der Waals surface area (Å²) in [7, 11) is 0. The number of hydrogen-bond acceptors (Lipinski definition) is 7. The van der Waals surface area contributed by atoms with Gasteiger partial charge in [-0.3, -0.25) is 19.7 Å². The molecule has 0 aliphatic heterocycles. The first-order valence-electron chi connectivity index (χ1n) is 10.1.